The molecular weight excluding hydrogens is 296 g/mol. The van der Waals surface area contributed by atoms with E-state index < -0.39 is 0 Å². The Kier molecular flexibility index (Phi) is 8.65. The molecule has 21 heavy (non-hydrogen) atoms. The molecule has 1 fully saturated rings. The number of nitrogens with zero attached hydrogens (tertiary/aromatic N) is 1. The molecule has 126 valence electrons. The van der Waals surface area contributed by atoms with Gasteiger partial charge in [0.2, 0.25) is 0 Å². The van der Waals surface area contributed by atoms with Crippen LogP contribution in [-0.2, 0) is 4.52 Å². The van der Waals surface area contributed by atoms with Crippen LogP contribution in [0.5, 0.6) is 0 Å². The second kappa shape index (κ2) is 9.17. The van der Waals surface area contributed by atoms with Crippen LogP contribution in [0.25, 0.3) is 0 Å². The second-order valence-corrected chi connectivity index (χ2v) is 13.8. The molecule has 1 rings (SSSR count). The Labute approximate surface area is 136 Å². The SMILES string of the molecule is CC(C)P(OC[C@@H]1CCCN1P(C(C)C)C(C)C)C(C)C. The Morgan fingerprint density at radius 2 is 1.43 bits per heavy atom. The molecule has 0 unspecified atom stereocenters. The zero-order valence-electron chi connectivity index (χ0n) is 15.5. The summed E-state index contributed by atoms with van der Waals surface area (Å²) in [6, 6.07) is 0.670. The maximum atomic E-state index is 6.42. The summed E-state index contributed by atoms with van der Waals surface area (Å²) in [5, 5.41) is 0. The number of rotatable bonds is 8. The minimum Gasteiger partial charge on any atom is -0.357 e. The summed E-state index contributed by atoms with van der Waals surface area (Å²) in [5.74, 6) is 0. The van der Waals surface area contributed by atoms with Crippen LogP contribution in [0.1, 0.15) is 68.2 Å². The molecular formula is C17H37NOP2. The highest BCUT2D eigenvalue weighted by Gasteiger charge is 2.34. The van der Waals surface area contributed by atoms with Crippen LogP contribution in [0.3, 0.4) is 0 Å². The molecule has 2 nitrogen and oxygen atoms in total. The van der Waals surface area contributed by atoms with Crippen molar-refractivity contribution < 1.29 is 4.52 Å². The van der Waals surface area contributed by atoms with E-state index in [9.17, 15) is 0 Å². The van der Waals surface area contributed by atoms with E-state index in [0.717, 1.165) is 17.9 Å². The van der Waals surface area contributed by atoms with Gasteiger partial charge < -0.3 is 4.52 Å². The molecule has 0 N–H and O–H groups in total. The zero-order valence-corrected chi connectivity index (χ0v) is 17.3. The van der Waals surface area contributed by atoms with Crippen LogP contribution in [0.4, 0.5) is 0 Å². The van der Waals surface area contributed by atoms with Crippen molar-refractivity contribution in [3.05, 3.63) is 0 Å². The fraction of sp³-hybridized carbons (Fsp3) is 1.00. The molecule has 0 saturated carbocycles. The molecule has 0 radical (unpaired) electrons. The minimum atomic E-state index is -0.283. The predicted molar refractivity (Wildman–Crippen MR) is 100 cm³/mol. The van der Waals surface area contributed by atoms with Gasteiger partial charge in [0.1, 0.15) is 0 Å². The van der Waals surface area contributed by atoms with E-state index in [0.29, 0.717) is 17.4 Å². The first kappa shape index (κ1) is 19.8. The van der Waals surface area contributed by atoms with Crippen molar-refractivity contribution in [2.45, 2.75) is 96.9 Å². The Morgan fingerprint density at radius 3 is 1.86 bits per heavy atom. The number of hydrogen-bond donors (Lipinski definition) is 0. The van der Waals surface area contributed by atoms with Crippen molar-refractivity contribution in [2.75, 3.05) is 13.2 Å². The summed E-state index contributed by atoms with van der Waals surface area (Å²) in [7, 11) is -0.303. The third-order valence-corrected chi connectivity index (χ3v) is 9.85. The van der Waals surface area contributed by atoms with Crippen molar-refractivity contribution in [3.8, 4) is 0 Å². The molecule has 0 bridgehead atoms. The summed E-state index contributed by atoms with van der Waals surface area (Å²) in [4.78, 5) is 0. The standard InChI is InChI=1S/C17H37NOP2/c1-13(2)20(14(3)4)18-11-9-10-17(18)12-19-21(15(5)6)16(7)8/h13-17H,9-12H2,1-8H3/t17-/m0/s1. The average Bonchev–Trinajstić information content (AvgIpc) is 2.75. The van der Waals surface area contributed by atoms with Crippen molar-refractivity contribution >= 4 is 16.2 Å². The van der Waals surface area contributed by atoms with Gasteiger partial charge in [-0.15, -0.1) is 0 Å². The van der Waals surface area contributed by atoms with E-state index in [1.165, 1.54) is 19.4 Å². The minimum absolute atomic E-state index is 0.0200. The molecule has 1 aliphatic heterocycles. The van der Waals surface area contributed by atoms with Crippen molar-refractivity contribution in [2.24, 2.45) is 0 Å². The molecule has 1 atom stereocenters. The van der Waals surface area contributed by atoms with Gasteiger partial charge in [-0.2, -0.15) is 0 Å². The second-order valence-electron chi connectivity index (χ2n) is 7.37. The third-order valence-electron chi connectivity index (χ3n) is 4.13. The molecule has 0 aromatic carbocycles. The lowest BCUT2D eigenvalue weighted by atomic mass is 10.2. The fourth-order valence-electron chi connectivity index (χ4n) is 3.55. The molecule has 0 aromatic heterocycles. The van der Waals surface area contributed by atoms with Gasteiger partial charge in [-0.3, -0.25) is 4.67 Å². The van der Waals surface area contributed by atoms with E-state index in [4.69, 9.17) is 4.52 Å². The lowest BCUT2D eigenvalue weighted by Crippen LogP contribution is -2.33. The third kappa shape index (κ3) is 5.72. The average molecular weight is 333 g/mol. The first-order valence-electron chi connectivity index (χ1n) is 8.71. The maximum Gasteiger partial charge on any atom is 0.0668 e. The molecule has 1 aliphatic rings. The van der Waals surface area contributed by atoms with Crippen LogP contribution < -0.4 is 0 Å². The highest BCUT2D eigenvalue weighted by molar-refractivity contribution is 7.56. The fourth-order valence-corrected chi connectivity index (χ4v) is 8.99. The van der Waals surface area contributed by atoms with E-state index >= 15 is 0 Å². The molecule has 0 aliphatic carbocycles. The summed E-state index contributed by atoms with van der Waals surface area (Å²) in [6.07, 6.45) is 2.69. The summed E-state index contributed by atoms with van der Waals surface area (Å²) in [5.41, 5.74) is 2.92. The lowest BCUT2D eigenvalue weighted by Gasteiger charge is -2.39. The molecule has 0 spiro atoms. The van der Waals surface area contributed by atoms with Crippen LogP contribution in [-0.4, -0.2) is 46.5 Å². The van der Waals surface area contributed by atoms with Gasteiger partial charge in [0.25, 0.3) is 0 Å². The summed E-state index contributed by atoms with van der Waals surface area (Å²) in [6.45, 7) is 21.1. The van der Waals surface area contributed by atoms with Crippen LogP contribution in [0.2, 0.25) is 0 Å². The molecule has 0 aromatic rings. The normalized spacial score (nSPS) is 21.1. The van der Waals surface area contributed by atoms with E-state index in [1.54, 1.807) is 0 Å². The Hall–Kier alpha value is 0.780. The maximum absolute atomic E-state index is 6.42. The van der Waals surface area contributed by atoms with Gasteiger partial charge in [0.05, 0.1) is 6.61 Å². The molecule has 0 amide bonds. The Morgan fingerprint density at radius 1 is 0.905 bits per heavy atom. The van der Waals surface area contributed by atoms with Crippen molar-refractivity contribution in [1.29, 1.82) is 0 Å². The quantitative estimate of drug-likeness (QED) is 0.513. The van der Waals surface area contributed by atoms with Gasteiger partial charge >= 0.3 is 0 Å². The lowest BCUT2D eigenvalue weighted by molar-refractivity contribution is 0.251. The Balaban J connectivity index is 2.65. The van der Waals surface area contributed by atoms with E-state index in [2.05, 4.69) is 60.1 Å². The van der Waals surface area contributed by atoms with Crippen molar-refractivity contribution in [3.63, 3.8) is 0 Å². The van der Waals surface area contributed by atoms with Gasteiger partial charge in [-0.1, -0.05) is 55.4 Å². The highest BCUT2D eigenvalue weighted by atomic mass is 31.1. The van der Waals surface area contributed by atoms with E-state index in [-0.39, 0.29) is 16.2 Å². The van der Waals surface area contributed by atoms with Crippen LogP contribution >= 0.6 is 16.2 Å². The predicted octanol–water partition coefficient (Wildman–Crippen LogP) is 5.89. The van der Waals surface area contributed by atoms with Gasteiger partial charge in [0.15, 0.2) is 0 Å². The van der Waals surface area contributed by atoms with E-state index in [1.807, 2.05) is 0 Å². The first-order chi connectivity index (χ1) is 9.75. The van der Waals surface area contributed by atoms with Crippen LogP contribution in [0.15, 0.2) is 0 Å². The first-order valence-corrected chi connectivity index (χ1v) is 11.5. The largest absolute Gasteiger partial charge is 0.357 e. The number of hydrogen-bond acceptors (Lipinski definition) is 2. The summed E-state index contributed by atoms with van der Waals surface area (Å²) >= 11 is 0. The Bertz CT molecular complexity index is 279. The highest BCUT2D eigenvalue weighted by Crippen LogP contribution is 2.54. The molecule has 1 heterocycles. The van der Waals surface area contributed by atoms with Gasteiger partial charge in [-0.05, 0) is 43.5 Å². The zero-order chi connectivity index (χ0) is 16.2. The van der Waals surface area contributed by atoms with Gasteiger partial charge in [0, 0.05) is 20.7 Å². The molecule has 1 saturated heterocycles. The van der Waals surface area contributed by atoms with Gasteiger partial charge in [-0.25, -0.2) is 0 Å². The smallest absolute Gasteiger partial charge is 0.0668 e. The van der Waals surface area contributed by atoms with Crippen LogP contribution in [0, 0.1) is 0 Å². The topological polar surface area (TPSA) is 12.5 Å². The van der Waals surface area contributed by atoms with Crippen molar-refractivity contribution in [1.82, 2.24) is 4.67 Å². The molecule has 4 heteroatoms. The summed E-state index contributed by atoms with van der Waals surface area (Å²) < 4.78 is 9.24. The monoisotopic (exact) mass is 333 g/mol.